The fraction of sp³-hybridized carbons (Fsp3) is 0.111. The van der Waals surface area contributed by atoms with Gasteiger partial charge in [0, 0.05) is 24.7 Å². The third-order valence-corrected chi connectivity index (χ3v) is 3.30. The molecule has 0 heterocycles. The molecule has 1 amide bonds. The number of carbonyl (C=O) groups excluding carboxylic acids is 2. The van der Waals surface area contributed by atoms with Crippen molar-refractivity contribution in [3.05, 3.63) is 75.8 Å². The predicted molar refractivity (Wildman–Crippen MR) is 92.5 cm³/mol. The van der Waals surface area contributed by atoms with Crippen LogP contribution in [0.15, 0.2) is 54.6 Å². The summed E-state index contributed by atoms with van der Waals surface area (Å²) < 4.78 is 5.25. The number of nitrogens with zero attached hydrogens (tertiary/aromatic N) is 1. The van der Waals surface area contributed by atoms with Crippen LogP contribution < -0.4 is 10.1 Å². The Labute approximate surface area is 144 Å². The molecule has 0 aromatic heterocycles. The number of allylic oxidation sites excluding steroid dienone is 1. The van der Waals surface area contributed by atoms with Crippen molar-refractivity contribution in [2.24, 2.45) is 0 Å². The second-order valence-corrected chi connectivity index (χ2v) is 5.04. The van der Waals surface area contributed by atoms with Crippen molar-refractivity contribution in [1.82, 2.24) is 5.32 Å². The van der Waals surface area contributed by atoms with Gasteiger partial charge in [0.2, 0.25) is 0 Å². The number of ketones is 1. The average Bonchev–Trinajstić information content (AvgIpc) is 2.64. The summed E-state index contributed by atoms with van der Waals surface area (Å²) in [5, 5.41) is 13.2. The van der Waals surface area contributed by atoms with Gasteiger partial charge >= 0.3 is 0 Å². The molecule has 0 saturated carbocycles. The fourth-order valence-corrected chi connectivity index (χ4v) is 1.95. The molecule has 2 aromatic rings. The minimum Gasteiger partial charge on any atom is -0.484 e. The van der Waals surface area contributed by atoms with Gasteiger partial charge in [-0.3, -0.25) is 19.7 Å². The number of nitrogens with one attached hydrogen (secondary N) is 1. The Morgan fingerprint density at radius 1 is 1.20 bits per heavy atom. The van der Waals surface area contributed by atoms with Gasteiger partial charge in [-0.2, -0.15) is 0 Å². The number of hydrogen-bond acceptors (Lipinski definition) is 5. The van der Waals surface area contributed by atoms with E-state index in [-0.39, 0.29) is 24.0 Å². The summed E-state index contributed by atoms with van der Waals surface area (Å²) in [4.78, 5) is 33.5. The predicted octanol–water partition coefficient (Wildman–Crippen LogP) is 2.62. The molecule has 0 aliphatic heterocycles. The maximum absolute atomic E-state index is 12.1. The third-order valence-electron chi connectivity index (χ3n) is 3.30. The zero-order valence-electron chi connectivity index (χ0n) is 13.5. The summed E-state index contributed by atoms with van der Waals surface area (Å²) in [5.74, 6) is -0.0211. The van der Waals surface area contributed by atoms with E-state index in [0.717, 1.165) is 0 Å². The zero-order chi connectivity index (χ0) is 18.2. The van der Waals surface area contributed by atoms with Crippen LogP contribution in [-0.2, 0) is 4.79 Å². The van der Waals surface area contributed by atoms with Crippen molar-refractivity contribution in [2.45, 2.75) is 0 Å². The molecule has 0 spiro atoms. The lowest BCUT2D eigenvalue weighted by atomic mass is 10.1. The summed E-state index contributed by atoms with van der Waals surface area (Å²) in [6, 6.07) is 12.4. The van der Waals surface area contributed by atoms with Crippen LogP contribution in [-0.4, -0.2) is 30.3 Å². The van der Waals surface area contributed by atoms with E-state index in [0.29, 0.717) is 16.9 Å². The van der Waals surface area contributed by atoms with E-state index in [9.17, 15) is 19.7 Å². The molecule has 0 bridgehead atoms. The Morgan fingerprint density at radius 2 is 1.92 bits per heavy atom. The minimum absolute atomic E-state index is 0.0350. The van der Waals surface area contributed by atoms with E-state index in [2.05, 4.69) is 5.32 Å². The van der Waals surface area contributed by atoms with E-state index in [1.807, 2.05) is 0 Å². The number of carbonyl (C=O) groups is 2. The molecule has 0 aliphatic rings. The third kappa shape index (κ3) is 5.28. The van der Waals surface area contributed by atoms with Crippen molar-refractivity contribution >= 4 is 23.5 Å². The van der Waals surface area contributed by atoms with Gasteiger partial charge in [-0.25, -0.2) is 0 Å². The number of hydrogen-bond donors (Lipinski definition) is 1. The monoisotopic (exact) mass is 340 g/mol. The van der Waals surface area contributed by atoms with Crippen molar-refractivity contribution < 1.29 is 19.2 Å². The number of likely N-dealkylation sites (N-methyl/N-ethyl adjacent to an activating group) is 1. The van der Waals surface area contributed by atoms with Gasteiger partial charge in [0.25, 0.3) is 11.6 Å². The number of ether oxygens (including phenoxy) is 1. The fourth-order valence-electron chi connectivity index (χ4n) is 1.95. The molecule has 0 radical (unpaired) electrons. The first-order valence-electron chi connectivity index (χ1n) is 7.40. The molecule has 1 N–H and O–H groups in total. The Balaban J connectivity index is 2.02. The Kier molecular flexibility index (Phi) is 6.00. The standard InChI is InChI=1S/C18H16N2O5/c1-19-18(22)12-25-16-8-6-14(7-9-16)17(21)10-5-13-3-2-4-15(11-13)20(23)24/h2-11H,12H2,1H3,(H,19,22)/b10-5+. The smallest absolute Gasteiger partial charge is 0.270 e. The molecule has 0 fully saturated rings. The first-order valence-corrected chi connectivity index (χ1v) is 7.40. The maximum Gasteiger partial charge on any atom is 0.270 e. The largest absolute Gasteiger partial charge is 0.484 e. The van der Waals surface area contributed by atoms with Gasteiger partial charge in [-0.05, 0) is 35.9 Å². The topological polar surface area (TPSA) is 98.5 Å². The molecule has 128 valence electrons. The molecule has 0 unspecified atom stereocenters. The van der Waals surface area contributed by atoms with E-state index >= 15 is 0 Å². The molecular formula is C18H16N2O5. The number of rotatable bonds is 7. The first kappa shape index (κ1) is 17.9. The molecule has 0 saturated heterocycles. The van der Waals surface area contributed by atoms with Crippen LogP contribution in [0.25, 0.3) is 6.08 Å². The molecule has 0 aliphatic carbocycles. The van der Waals surface area contributed by atoms with E-state index in [1.165, 1.54) is 31.3 Å². The van der Waals surface area contributed by atoms with E-state index < -0.39 is 4.92 Å². The minimum atomic E-state index is -0.489. The highest BCUT2D eigenvalue weighted by molar-refractivity contribution is 6.06. The number of benzene rings is 2. The molecule has 2 rings (SSSR count). The van der Waals surface area contributed by atoms with Crippen LogP contribution in [0.3, 0.4) is 0 Å². The normalized spacial score (nSPS) is 10.4. The zero-order valence-corrected chi connectivity index (χ0v) is 13.5. The van der Waals surface area contributed by atoms with Crippen LogP contribution in [0, 0.1) is 10.1 Å². The lowest BCUT2D eigenvalue weighted by Crippen LogP contribution is -2.24. The Hall–Kier alpha value is -3.48. The molecular weight excluding hydrogens is 324 g/mol. The van der Waals surface area contributed by atoms with Crippen molar-refractivity contribution in [3.63, 3.8) is 0 Å². The maximum atomic E-state index is 12.1. The lowest BCUT2D eigenvalue weighted by Gasteiger charge is -2.05. The summed E-state index contributed by atoms with van der Waals surface area (Å²) in [5.41, 5.74) is 0.967. The van der Waals surface area contributed by atoms with Gasteiger partial charge < -0.3 is 10.1 Å². The SMILES string of the molecule is CNC(=O)COc1ccc(C(=O)/C=C/c2cccc([N+](=O)[O-])c2)cc1. The number of amides is 1. The molecule has 25 heavy (non-hydrogen) atoms. The molecule has 0 atom stereocenters. The van der Waals surface area contributed by atoms with Crippen molar-refractivity contribution in [2.75, 3.05) is 13.7 Å². The second kappa shape index (κ2) is 8.39. The van der Waals surface area contributed by atoms with Gasteiger partial charge in [0.05, 0.1) is 4.92 Å². The summed E-state index contributed by atoms with van der Waals surface area (Å²) in [6.45, 7) is -0.101. The van der Waals surface area contributed by atoms with E-state index in [1.54, 1.807) is 36.4 Å². The van der Waals surface area contributed by atoms with Crippen LogP contribution in [0.5, 0.6) is 5.75 Å². The quantitative estimate of drug-likeness (QED) is 0.361. The highest BCUT2D eigenvalue weighted by Gasteiger charge is 2.06. The summed E-state index contributed by atoms with van der Waals surface area (Å²) in [7, 11) is 1.52. The van der Waals surface area contributed by atoms with Gasteiger partial charge in [0.15, 0.2) is 12.4 Å². The summed E-state index contributed by atoms with van der Waals surface area (Å²) in [6.07, 6.45) is 2.87. The van der Waals surface area contributed by atoms with Gasteiger partial charge in [-0.1, -0.05) is 18.2 Å². The lowest BCUT2D eigenvalue weighted by molar-refractivity contribution is -0.384. The average molecular weight is 340 g/mol. The number of non-ortho nitro benzene ring substituents is 1. The Bertz CT molecular complexity index is 812. The number of nitro groups is 1. The number of nitro benzene ring substituents is 1. The van der Waals surface area contributed by atoms with E-state index in [4.69, 9.17) is 4.74 Å². The molecule has 7 nitrogen and oxygen atoms in total. The molecule has 2 aromatic carbocycles. The first-order chi connectivity index (χ1) is 12.0. The van der Waals surface area contributed by atoms with Crippen LogP contribution in [0.2, 0.25) is 0 Å². The highest BCUT2D eigenvalue weighted by atomic mass is 16.6. The Morgan fingerprint density at radius 3 is 2.56 bits per heavy atom. The summed E-state index contributed by atoms with van der Waals surface area (Å²) >= 11 is 0. The molecule has 7 heteroatoms. The highest BCUT2D eigenvalue weighted by Crippen LogP contribution is 2.16. The van der Waals surface area contributed by atoms with Gasteiger partial charge in [-0.15, -0.1) is 0 Å². The van der Waals surface area contributed by atoms with Crippen LogP contribution >= 0.6 is 0 Å². The van der Waals surface area contributed by atoms with Crippen LogP contribution in [0.4, 0.5) is 5.69 Å². The van der Waals surface area contributed by atoms with Crippen LogP contribution in [0.1, 0.15) is 15.9 Å². The van der Waals surface area contributed by atoms with Crippen molar-refractivity contribution in [3.8, 4) is 5.75 Å². The van der Waals surface area contributed by atoms with Gasteiger partial charge in [0.1, 0.15) is 5.75 Å². The van der Waals surface area contributed by atoms with Crippen molar-refractivity contribution in [1.29, 1.82) is 0 Å². The second-order valence-electron chi connectivity index (χ2n) is 5.04.